The van der Waals surface area contributed by atoms with Crippen LogP contribution in [0.25, 0.3) is 0 Å². The van der Waals surface area contributed by atoms with Crippen LogP contribution in [-0.2, 0) is 6.54 Å². The maximum Gasteiger partial charge on any atom is 0.123 e. The Kier molecular flexibility index (Phi) is 3.97. The van der Waals surface area contributed by atoms with E-state index in [1.165, 1.54) is 17.7 Å². The van der Waals surface area contributed by atoms with Gasteiger partial charge in [0.2, 0.25) is 0 Å². The van der Waals surface area contributed by atoms with Gasteiger partial charge in [-0.2, -0.15) is 0 Å². The summed E-state index contributed by atoms with van der Waals surface area (Å²) in [6.07, 6.45) is 1.04. The lowest BCUT2D eigenvalue weighted by Crippen LogP contribution is -2.25. The number of benzene rings is 2. The molecular weight excluding hydrogens is 253 g/mol. The van der Waals surface area contributed by atoms with Gasteiger partial charge in [-0.15, -0.1) is 0 Å². The maximum atomic E-state index is 12.8. The van der Waals surface area contributed by atoms with E-state index in [9.17, 15) is 4.39 Å². The first-order chi connectivity index (χ1) is 9.83. The molecule has 0 saturated heterocycles. The summed E-state index contributed by atoms with van der Waals surface area (Å²) in [5.74, 6) is 1.31. The molecule has 1 aliphatic heterocycles. The minimum absolute atomic E-state index is 0.188. The molecule has 3 heteroatoms. The van der Waals surface area contributed by atoms with Crippen LogP contribution < -0.4 is 10.1 Å². The Balaban J connectivity index is 1.58. The van der Waals surface area contributed by atoms with Gasteiger partial charge in [0.15, 0.2) is 0 Å². The van der Waals surface area contributed by atoms with Gasteiger partial charge in [-0.3, -0.25) is 0 Å². The molecule has 2 nitrogen and oxygen atoms in total. The zero-order valence-corrected chi connectivity index (χ0v) is 11.3. The molecule has 20 heavy (non-hydrogen) atoms. The number of para-hydroxylation sites is 1. The van der Waals surface area contributed by atoms with Crippen molar-refractivity contribution < 1.29 is 9.13 Å². The number of rotatable bonds is 4. The highest BCUT2D eigenvalue weighted by Crippen LogP contribution is 2.32. The number of ether oxygens (including phenoxy) is 1. The molecule has 1 aliphatic rings. The average molecular weight is 271 g/mol. The molecule has 0 fully saturated rings. The molecule has 0 bridgehead atoms. The van der Waals surface area contributed by atoms with Crippen LogP contribution in [-0.4, -0.2) is 13.2 Å². The molecule has 1 unspecified atom stereocenters. The Morgan fingerprint density at radius 2 is 1.90 bits per heavy atom. The van der Waals surface area contributed by atoms with Crippen LogP contribution >= 0.6 is 0 Å². The van der Waals surface area contributed by atoms with Crippen LogP contribution in [0.15, 0.2) is 48.5 Å². The quantitative estimate of drug-likeness (QED) is 0.919. The summed E-state index contributed by atoms with van der Waals surface area (Å²) in [7, 11) is 0. The third-order valence-corrected chi connectivity index (χ3v) is 3.72. The molecule has 0 radical (unpaired) electrons. The van der Waals surface area contributed by atoms with Crippen molar-refractivity contribution in [2.24, 2.45) is 0 Å². The van der Waals surface area contributed by atoms with Crippen molar-refractivity contribution in [1.82, 2.24) is 5.32 Å². The molecule has 1 heterocycles. The van der Waals surface area contributed by atoms with Crippen molar-refractivity contribution in [1.29, 1.82) is 0 Å². The molecule has 1 N–H and O–H groups in total. The van der Waals surface area contributed by atoms with E-state index in [0.29, 0.717) is 5.92 Å². The van der Waals surface area contributed by atoms with E-state index >= 15 is 0 Å². The van der Waals surface area contributed by atoms with Crippen molar-refractivity contribution in [3.05, 3.63) is 65.5 Å². The van der Waals surface area contributed by atoms with Crippen LogP contribution in [0.5, 0.6) is 5.75 Å². The molecular formula is C17H18FNO. The Bertz CT molecular complexity index is 567. The van der Waals surface area contributed by atoms with E-state index in [-0.39, 0.29) is 5.82 Å². The highest BCUT2D eigenvalue weighted by molar-refractivity contribution is 5.37. The minimum Gasteiger partial charge on any atom is -0.493 e. The fourth-order valence-corrected chi connectivity index (χ4v) is 2.62. The second kappa shape index (κ2) is 6.06. The fraction of sp³-hybridized carbons (Fsp3) is 0.294. The van der Waals surface area contributed by atoms with Crippen molar-refractivity contribution in [2.75, 3.05) is 13.2 Å². The van der Waals surface area contributed by atoms with Crippen molar-refractivity contribution >= 4 is 0 Å². The first kappa shape index (κ1) is 13.1. The zero-order valence-electron chi connectivity index (χ0n) is 11.3. The van der Waals surface area contributed by atoms with E-state index in [1.807, 2.05) is 24.3 Å². The van der Waals surface area contributed by atoms with E-state index in [0.717, 1.165) is 37.4 Å². The summed E-state index contributed by atoms with van der Waals surface area (Å²) in [5.41, 5.74) is 2.39. The maximum absolute atomic E-state index is 12.8. The number of fused-ring (bicyclic) bond motifs is 1. The van der Waals surface area contributed by atoms with Crippen molar-refractivity contribution in [3.8, 4) is 5.75 Å². The van der Waals surface area contributed by atoms with Gasteiger partial charge in [-0.25, -0.2) is 4.39 Å². The highest BCUT2D eigenvalue weighted by Gasteiger charge is 2.20. The summed E-state index contributed by atoms with van der Waals surface area (Å²) >= 11 is 0. The first-order valence-electron chi connectivity index (χ1n) is 7.00. The molecule has 0 saturated carbocycles. The fourth-order valence-electron chi connectivity index (χ4n) is 2.62. The first-order valence-corrected chi connectivity index (χ1v) is 7.00. The third kappa shape index (κ3) is 2.99. The normalized spacial score (nSPS) is 17.4. The van der Waals surface area contributed by atoms with Gasteiger partial charge in [0.1, 0.15) is 11.6 Å². The van der Waals surface area contributed by atoms with E-state index in [1.54, 1.807) is 0 Å². The van der Waals surface area contributed by atoms with Gasteiger partial charge in [-0.05, 0) is 35.7 Å². The standard InChI is InChI=1S/C17H18FNO/c18-15-7-5-13(6-8-15)11-19-12-14-9-10-20-17-4-2-1-3-16(14)17/h1-8,14,19H,9-12H2. The van der Waals surface area contributed by atoms with Gasteiger partial charge in [0.05, 0.1) is 6.61 Å². The predicted octanol–water partition coefficient (Wildman–Crippen LogP) is 3.48. The zero-order chi connectivity index (χ0) is 13.8. The monoisotopic (exact) mass is 271 g/mol. The predicted molar refractivity (Wildman–Crippen MR) is 77.4 cm³/mol. The molecule has 0 spiro atoms. The summed E-state index contributed by atoms with van der Waals surface area (Å²) in [5, 5.41) is 3.45. The number of nitrogens with one attached hydrogen (secondary N) is 1. The second-order valence-electron chi connectivity index (χ2n) is 5.13. The smallest absolute Gasteiger partial charge is 0.123 e. The van der Waals surface area contributed by atoms with E-state index in [2.05, 4.69) is 17.4 Å². The largest absolute Gasteiger partial charge is 0.493 e. The summed E-state index contributed by atoms with van der Waals surface area (Å²) in [4.78, 5) is 0. The van der Waals surface area contributed by atoms with Gasteiger partial charge in [0, 0.05) is 19.0 Å². The van der Waals surface area contributed by atoms with Gasteiger partial charge >= 0.3 is 0 Å². The van der Waals surface area contributed by atoms with Crippen LogP contribution in [0.1, 0.15) is 23.5 Å². The van der Waals surface area contributed by atoms with Gasteiger partial charge in [0.25, 0.3) is 0 Å². The molecule has 0 amide bonds. The second-order valence-corrected chi connectivity index (χ2v) is 5.13. The Hall–Kier alpha value is -1.87. The number of hydrogen-bond acceptors (Lipinski definition) is 2. The molecule has 2 aromatic carbocycles. The summed E-state index contributed by atoms with van der Waals surface area (Å²) in [6, 6.07) is 14.9. The van der Waals surface area contributed by atoms with Crippen molar-refractivity contribution in [2.45, 2.75) is 18.9 Å². The van der Waals surface area contributed by atoms with E-state index in [4.69, 9.17) is 4.74 Å². The number of hydrogen-bond donors (Lipinski definition) is 1. The molecule has 2 aromatic rings. The molecule has 0 aromatic heterocycles. The lowest BCUT2D eigenvalue weighted by Gasteiger charge is -2.26. The Morgan fingerprint density at radius 1 is 1.10 bits per heavy atom. The number of halogens is 1. The van der Waals surface area contributed by atoms with Crippen LogP contribution in [0.4, 0.5) is 4.39 Å². The van der Waals surface area contributed by atoms with Crippen LogP contribution in [0, 0.1) is 5.82 Å². The van der Waals surface area contributed by atoms with Gasteiger partial charge in [-0.1, -0.05) is 30.3 Å². The molecule has 0 aliphatic carbocycles. The minimum atomic E-state index is -0.188. The van der Waals surface area contributed by atoms with E-state index < -0.39 is 0 Å². The molecule has 104 valence electrons. The Morgan fingerprint density at radius 3 is 2.75 bits per heavy atom. The van der Waals surface area contributed by atoms with Crippen molar-refractivity contribution in [3.63, 3.8) is 0 Å². The highest BCUT2D eigenvalue weighted by atomic mass is 19.1. The lowest BCUT2D eigenvalue weighted by molar-refractivity contribution is 0.264. The molecule has 3 rings (SSSR count). The summed E-state index contributed by atoms with van der Waals surface area (Å²) in [6.45, 7) is 2.46. The third-order valence-electron chi connectivity index (χ3n) is 3.72. The Labute approximate surface area is 118 Å². The SMILES string of the molecule is Fc1ccc(CNCC2CCOc3ccccc32)cc1. The molecule has 1 atom stereocenters. The topological polar surface area (TPSA) is 21.3 Å². The average Bonchev–Trinajstić information content (AvgIpc) is 2.49. The van der Waals surface area contributed by atoms with Crippen LogP contribution in [0.3, 0.4) is 0 Å². The van der Waals surface area contributed by atoms with Gasteiger partial charge < -0.3 is 10.1 Å². The van der Waals surface area contributed by atoms with Crippen LogP contribution in [0.2, 0.25) is 0 Å². The summed E-state index contributed by atoms with van der Waals surface area (Å²) < 4.78 is 18.5. The lowest BCUT2D eigenvalue weighted by atomic mass is 9.93.